The van der Waals surface area contributed by atoms with E-state index in [1.165, 1.54) is 18.2 Å². The molecule has 0 heterocycles. The standard InChI is InChI=1S/C13H6Br2ClF3/c14-8-3-6(1-2-10(8)17)13(16)7-4-12(19)9(15)5-11(7)18/h1-5,13H. The lowest BCUT2D eigenvalue weighted by Gasteiger charge is -2.13. The molecule has 0 aromatic heterocycles. The molecule has 0 saturated carbocycles. The van der Waals surface area contributed by atoms with Gasteiger partial charge in [0, 0.05) is 5.56 Å². The van der Waals surface area contributed by atoms with Crippen molar-refractivity contribution in [3.8, 4) is 0 Å². The number of halogens is 6. The van der Waals surface area contributed by atoms with Gasteiger partial charge < -0.3 is 0 Å². The van der Waals surface area contributed by atoms with Crippen molar-refractivity contribution in [1.82, 2.24) is 0 Å². The van der Waals surface area contributed by atoms with Crippen LogP contribution in [0.3, 0.4) is 0 Å². The highest BCUT2D eigenvalue weighted by Crippen LogP contribution is 2.34. The van der Waals surface area contributed by atoms with Crippen LogP contribution < -0.4 is 0 Å². The molecule has 0 nitrogen and oxygen atoms in total. The zero-order valence-electron chi connectivity index (χ0n) is 9.23. The Morgan fingerprint density at radius 3 is 2.11 bits per heavy atom. The molecule has 0 aliphatic rings. The third-order valence-electron chi connectivity index (χ3n) is 2.55. The second kappa shape index (κ2) is 5.85. The van der Waals surface area contributed by atoms with Crippen molar-refractivity contribution < 1.29 is 13.2 Å². The molecule has 0 amide bonds. The van der Waals surface area contributed by atoms with Gasteiger partial charge in [0.25, 0.3) is 0 Å². The summed E-state index contributed by atoms with van der Waals surface area (Å²) in [5.74, 6) is -1.69. The fourth-order valence-corrected chi connectivity index (χ4v) is 2.60. The van der Waals surface area contributed by atoms with Gasteiger partial charge in [-0.25, -0.2) is 13.2 Å². The van der Waals surface area contributed by atoms with E-state index in [1.54, 1.807) is 0 Å². The minimum Gasteiger partial charge on any atom is -0.207 e. The van der Waals surface area contributed by atoms with E-state index in [-0.39, 0.29) is 14.5 Å². The van der Waals surface area contributed by atoms with Crippen molar-refractivity contribution in [2.24, 2.45) is 0 Å². The third-order valence-corrected chi connectivity index (χ3v) is 4.25. The average molecular weight is 414 g/mol. The van der Waals surface area contributed by atoms with Gasteiger partial charge in [-0.3, -0.25) is 0 Å². The van der Waals surface area contributed by atoms with Gasteiger partial charge in [0.1, 0.15) is 17.5 Å². The van der Waals surface area contributed by atoms with Crippen molar-refractivity contribution >= 4 is 43.5 Å². The molecular weight excluding hydrogens is 408 g/mol. The lowest BCUT2D eigenvalue weighted by Crippen LogP contribution is -1.99. The van der Waals surface area contributed by atoms with Crippen LogP contribution in [0.15, 0.2) is 39.3 Å². The number of hydrogen-bond acceptors (Lipinski definition) is 0. The molecule has 6 heteroatoms. The minimum atomic E-state index is -0.903. The molecule has 0 aliphatic heterocycles. The van der Waals surface area contributed by atoms with Crippen LogP contribution >= 0.6 is 43.5 Å². The van der Waals surface area contributed by atoms with E-state index in [2.05, 4.69) is 31.9 Å². The highest BCUT2D eigenvalue weighted by molar-refractivity contribution is 9.10. The Labute approximate surface area is 129 Å². The number of alkyl halides is 1. The molecule has 2 rings (SSSR count). The Kier molecular flexibility index (Phi) is 4.58. The monoisotopic (exact) mass is 412 g/mol. The molecule has 0 fully saturated rings. The fraction of sp³-hybridized carbons (Fsp3) is 0.0769. The topological polar surface area (TPSA) is 0 Å². The normalized spacial score (nSPS) is 12.5. The van der Waals surface area contributed by atoms with E-state index in [1.807, 2.05) is 0 Å². The van der Waals surface area contributed by atoms with Crippen molar-refractivity contribution in [3.05, 3.63) is 67.9 Å². The van der Waals surface area contributed by atoms with E-state index >= 15 is 0 Å². The predicted molar refractivity (Wildman–Crippen MR) is 75.9 cm³/mol. The molecule has 2 aromatic carbocycles. The Morgan fingerprint density at radius 2 is 1.47 bits per heavy atom. The molecule has 100 valence electrons. The summed E-state index contributed by atoms with van der Waals surface area (Å²) in [4.78, 5) is 0. The molecule has 1 atom stereocenters. The maximum Gasteiger partial charge on any atom is 0.137 e. The van der Waals surface area contributed by atoms with Gasteiger partial charge in [0.15, 0.2) is 0 Å². The smallest absolute Gasteiger partial charge is 0.137 e. The average Bonchev–Trinajstić information content (AvgIpc) is 2.36. The SMILES string of the molecule is Fc1ccc(C(Cl)c2cc(F)c(Br)cc2F)cc1Br. The molecule has 0 saturated heterocycles. The van der Waals surface area contributed by atoms with Crippen molar-refractivity contribution in [2.45, 2.75) is 5.38 Å². The van der Waals surface area contributed by atoms with Crippen molar-refractivity contribution in [1.29, 1.82) is 0 Å². The summed E-state index contributed by atoms with van der Waals surface area (Å²) in [6.07, 6.45) is 0. The van der Waals surface area contributed by atoms with Crippen molar-refractivity contribution in [3.63, 3.8) is 0 Å². The molecule has 0 aliphatic carbocycles. The van der Waals surface area contributed by atoms with Gasteiger partial charge in [0.05, 0.1) is 14.3 Å². The second-order valence-electron chi connectivity index (χ2n) is 3.82. The number of rotatable bonds is 2. The maximum absolute atomic E-state index is 13.8. The van der Waals surface area contributed by atoms with Crippen LogP contribution in [0.2, 0.25) is 0 Å². The third kappa shape index (κ3) is 3.15. The first kappa shape index (κ1) is 14.9. The summed E-state index contributed by atoms with van der Waals surface area (Å²) in [6.45, 7) is 0. The summed E-state index contributed by atoms with van der Waals surface area (Å²) in [6, 6.07) is 6.11. The van der Waals surface area contributed by atoms with E-state index in [0.717, 1.165) is 12.1 Å². The zero-order valence-corrected chi connectivity index (χ0v) is 13.2. The van der Waals surface area contributed by atoms with E-state index < -0.39 is 22.8 Å². The van der Waals surface area contributed by atoms with Gasteiger partial charge in [-0.05, 0) is 61.7 Å². The van der Waals surface area contributed by atoms with Crippen LogP contribution in [0.5, 0.6) is 0 Å². The van der Waals surface area contributed by atoms with Crippen molar-refractivity contribution in [2.75, 3.05) is 0 Å². The van der Waals surface area contributed by atoms with E-state index in [0.29, 0.717) is 5.56 Å². The van der Waals surface area contributed by atoms with Gasteiger partial charge in [-0.15, -0.1) is 11.6 Å². The summed E-state index contributed by atoms with van der Waals surface area (Å²) in [7, 11) is 0. The van der Waals surface area contributed by atoms with Crippen LogP contribution in [0, 0.1) is 17.5 Å². The van der Waals surface area contributed by atoms with E-state index in [4.69, 9.17) is 11.6 Å². The number of benzene rings is 2. The molecule has 0 radical (unpaired) electrons. The van der Waals surface area contributed by atoms with Crippen LogP contribution in [0.4, 0.5) is 13.2 Å². The van der Waals surface area contributed by atoms with Gasteiger partial charge in [0.2, 0.25) is 0 Å². The molecule has 1 unspecified atom stereocenters. The van der Waals surface area contributed by atoms with Crippen LogP contribution in [-0.4, -0.2) is 0 Å². The minimum absolute atomic E-state index is 0.000810. The molecule has 2 aromatic rings. The first-order valence-corrected chi connectivity index (χ1v) is 7.16. The van der Waals surface area contributed by atoms with Gasteiger partial charge in [-0.2, -0.15) is 0 Å². The highest BCUT2D eigenvalue weighted by Gasteiger charge is 2.18. The summed E-state index contributed by atoms with van der Waals surface area (Å²) in [5.41, 5.74) is 0.469. The largest absolute Gasteiger partial charge is 0.207 e. The van der Waals surface area contributed by atoms with E-state index in [9.17, 15) is 13.2 Å². The predicted octanol–water partition coefficient (Wildman–Crippen LogP) is 5.96. The zero-order chi connectivity index (χ0) is 14.2. The van der Waals surface area contributed by atoms with Crippen LogP contribution in [-0.2, 0) is 0 Å². The molecule has 0 bridgehead atoms. The fourth-order valence-electron chi connectivity index (χ4n) is 1.58. The first-order valence-electron chi connectivity index (χ1n) is 5.13. The first-order chi connectivity index (χ1) is 8.90. The molecule has 0 spiro atoms. The lowest BCUT2D eigenvalue weighted by atomic mass is 10.0. The molecule has 19 heavy (non-hydrogen) atoms. The number of hydrogen-bond donors (Lipinski definition) is 0. The summed E-state index contributed by atoms with van der Waals surface area (Å²) in [5, 5.41) is -0.903. The Bertz CT molecular complexity index is 632. The van der Waals surface area contributed by atoms with Crippen LogP contribution in [0.25, 0.3) is 0 Å². The highest BCUT2D eigenvalue weighted by atomic mass is 79.9. The molecular formula is C13H6Br2ClF3. The summed E-state index contributed by atoms with van der Waals surface area (Å²) < 4.78 is 40.6. The molecule has 0 N–H and O–H groups in total. The van der Waals surface area contributed by atoms with Gasteiger partial charge in [-0.1, -0.05) is 6.07 Å². The summed E-state index contributed by atoms with van der Waals surface area (Å²) >= 11 is 12.0. The maximum atomic E-state index is 13.8. The Hall–Kier alpha value is -0.520. The second-order valence-corrected chi connectivity index (χ2v) is 5.97. The lowest BCUT2D eigenvalue weighted by molar-refractivity contribution is 0.582. The van der Waals surface area contributed by atoms with Crippen LogP contribution in [0.1, 0.15) is 16.5 Å². The quantitative estimate of drug-likeness (QED) is 0.420. The Balaban J connectivity index is 2.46. The van der Waals surface area contributed by atoms with Gasteiger partial charge >= 0.3 is 0 Å². The Morgan fingerprint density at radius 1 is 0.842 bits per heavy atom.